The van der Waals surface area contributed by atoms with Crippen molar-refractivity contribution < 1.29 is 14.9 Å². The third-order valence-corrected chi connectivity index (χ3v) is 2.32. The maximum absolute atomic E-state index is 9.20. The summed E-state index contributed by atoms with van der Waals surface area (Å²) in [7, 11) is 1.64. The largest absolute Gasteiger partial charge is 0.395 e. The quantitative estimate of drug-likeness (QED) is 0.686. The van der Waals surface area contributed by atoms with Crippen LogP contribution in [-0.4, -0.2) is 48.6 Å². The molecule has 1 rings (SSSR count). The lowest BCUT2D eigenvalue weighted by molar-refractivity contribution is 0.202. The topological polar surface area (TPSA) is 65.8 Å². The van der Waals surface area contributed by atoms with Crippen LogP contribution in [0.15, 0.2) is 18.5 Å². The molecule has 0 saturated heterocycles. The number of nitrogens with zero attached hydrogens (tertiary/aromatic N) is 2. The summed E-state index contributed by atoms with van der Waals surface area (Å²) in [6, 6.07) is 1.83. The third kappa shape index (κ3) is 3.44. The first kappa shape index (κ1) is 12.9. The Morgan fingerprint density at radius 2 is 2.19 bits per heavy atom. The van der Waals surface area contributed by atoms with E-state index in [9.17, 15) is 5.11 Å². The second-order valence-electron chi connectivity index (χ2n) is 3.37. The number of aliphatic hydroxyl groups is 2. The van der Waals surface area contributed by atoms with E-state index >= 15 is 0 Å². The van der Waals surface area contributed by atoms with Crippen LogP contribution in [0.3, 0.4) is 0 Å². The maximum atomic E-state index is 9.20. The summed E-state index contributed by atoms with van der Waals surface area (Å²) in [5.41, 5.74) is 1.65. The van der Waals surface area contributed by atoms with Crippen LogP contribution in [0.4, 0.5) is 5.69 Å². The fourth-order valence-corrected chi connectivity index (χ4v) is 1.53. The van der Waals surface area contributed by atoms with E-state index in [1.165, 1.54) is 0 Å². The minimum atomic E-state index is -0.0575. The molecule has 90 valence electrons. The fraction of sp³-hybridized carbons (Fsp3) is 0.545. The van der Waals surface area contributed by atoms with Crippen LogP contribution in [0, 0.1) is 0 Å². The average Bonchev–Trinajstić information content (AvgIpc) is 2.34. The van der Waals surface area contributed by atoms with Gasteiger partial charge in [0.1, 0.15) is 0 Å². The van der Waals surface area contributed by atoms with Crippen molar-refractivity contribution in [2.24, 2.45) is 0 Å². The van der Waals surface area contributed by atoms with Crippen molar-refractivity contribution in [1.82, 2.24) is 4.98 Å². The first-order valence-corrected chi connectivity index (χ1v) is 5.22. The molecule has 1 heterocycles. The lowest BCUT2D eigenvalue weighted by Gasteiger charge is -2.25. The lowest BCUT2D eigenvalue weighted by atomic mass is 10.2. The SMILES string of the molecule is COCCN(CCO)c1ccncc1CO. The van der Waals surface area contributed by atoms with Gasteiger partial charge in [-0.05, 0) is 6.07 Å². The van der Waals surface area contributed by atoms with Gasteiger partial charge in [0.15, 0.2) is 0 Å². The van der Waals surface area contributed by atoms with E-state index in [1.807, 2.05) is 11.0 Å². The van der Waals surface area contributed by atoms with E-state index in [-0.39, 0.29) is 13.2 Å². The molecule has 0 bridgehead atoms. The highest BCUT2D eigenvalue weighted by molar-refractivity contribution is 5.51. The predicted molar refractivity (Wildman–Crippen MR) is 61.3 cm³/mol. The summed E-state index contributed by atoms with van der Waals surface area (Å²) in [6.45, 7) is 1.77. The minimum Gasteiger partial charge on any atom is -0.395 e. The van der Waals surface area contributed by atoms with Gasteiger partial charge < -0.3 is 19.8 Å². The van der Waals surface area contributed by atoms with Gasteiger partial charge in [0, 0.05) is 43.8 Å². The van der Waals surface area contributed by atoms with Crippen LogP contribution in [-0.2, 0) is 11.3 Å². The Bertz CT molecular complexity index is 307. The highest BCUT2D eigenvalue weighted by atomic mass is 16.5. The van der Waals surface area contributed by atoms with Crippen molar-refractivity contribution >= 4 is 5.69 Å². The molecule has 0 saturated carbocycles. The zero-order chi connectivity index (χ0) is 11.8. The van der Waals surface area contributed by atoms with Crippen LogP contribution in [0.25, 0.3) is 0 Å². The summed E-state index contributed by atoms with van der Waals surface area (Å²) in [5, 5.41) is 18.2. The van der Waals surface area contributed by atoms with Crippen LogP contribution in [0.2, 0.25) is 0 Å². The number of hydrogen-bond donors (Lipinski definition) is 2. The van der Waals surface area contributed by atoms with Gasteiger partial charge in [-0.15, -0.1) is 0 Å². The molecule has 2 N–H and O–H groups in total. The molecule has 5 heteroatoms. The maximum Gasteiger partial charge on any atom is 0.0717 e. The molecule has 0 aliphatic heterocycles. The van der Waals surface area contributed by atoms with Gasteiger partial charge in [-0.3, -0.25) is 4.98 Å². The van der Waals surface area contributed by atoms with Crippen molar-refractivity contribution in [3.05, 3.63) is 24.0 Å². The number of aliphatic hydroxyl groups excluding tert-OH is 2. The van der Waals surface area contributed by atoms with Gasteiger partial charge in [0.25, 0.3) is 0 Å². The Balaban J connectivity index is 2.81. The molecule has 16 heavy (non-hydrogen) atoms. The van der Waals surface area contributed by atoms with Crippen molar-refractivity contribution in [3.63, 3.8) is 0 Å². The first-order valence-electron chi connectivity index (χ1n) is 5.22. The highest BCUT2D eigenvalue weighted by Crippen LogP contribution is 2.18. The third-order valence-electron chi connectivity index (χ3n) is 2.32. The molecule has 0 amide bonds. The fourth-order valence-electron chi connectivity index (χ4n) is 1.53. The zero-order valence-corrected chi connectivity index (χ0v) is 9.46. The van der Waals surface area contributed by atoms with E-state index in [2.05, 4.69) is 4.98 Å². The van der Waals surface area contributed by atoms with Crippen LogP contribution in [0.5, 0.6) is 0 Å². The van der Waals surface area contributed by atoms with Crippen molar-refractivity contribution in [1.29, 1.82) is 0 Å². The zero-order valence-electron chi connectivity index (χ0n) is 9.46. The highest BCUT2D eigenvalue weighted by Gasteiger charge is 2.09. The summed E-state index contributed by atoms with van der Waals surface area (Å²) in [5.74, 6) is 0. The van der Waals surface area contributed by atoms with Crippen molar-refractivity contribution in [3.8, 4) is 0 Å². The normalized spacial score (nSPS) is 10.4. The summed E-state index contributed by atoms with van der Waals surface area (Å²) in [4.78, 5) is 5.93. The Morgan fingerprint density at radius 1 is 1.38 bits per heavy atom. The van der Waals surface area contributed by atoms with Gasteiger partial charge in [0.05, 0.1) is 19.8 Å². The summed E-state index contributed by atoms with van der Waals surface area (Å²) < 4.78 is 5.01. The monoisotopic (exact) mass is 226 g/mol. The van der Waals surface area contributed by atoms with Crippen LogP contribution < -0.4 is 4.90 Å². The van der Waals surface area contributed by atoms with E-state index in [0.29, 0.717) is 19.7 Å². The molecule has 0 unspecified atom stereocenters. The molecule has 0 spiro atoms. The minimum absolute atomic E-state index is 0.0575. The van der Waals surface area contributed by atoms with E-state index in [1.54, 1.807) is 19.5 Å². The molecule has 0 aliphatic rings. The van der Waals surface area contributed by atoms with Crippen LogP contribution >= 0.6 is 0 Å². The Labute approximate surface area is 95.3 Å². The standard InChI is InChI=1S/C11H18N2O3/c1-16-7-5-13(4-6-14)11-2-3-12-8-10(11)9-15/h2-3,8,14-15H,4-7,9H2,1H3. The predicted octanol–water partition coefficient (Wildman–Crippen LogP) is 0.0190. The van der Waals surface area contributed by atoms with Gasteiger partial charge in [-0.25, -0.2) is 0 Å². The summed E-state index contributed by atoms with van der Waals surface area (Å²) in [6.07, 6.45) is 3.30. The van der Waals surface area contributed by atoms with Gasteiger partial charge in [-0.1, -0.05) is 0 Å². The first-order chi connectivity index (χ1) is 7.83. The number of rotatable bonds is 7. The molecule has 0 atom stereocenters. The van der Waals surface area contributed by atoms with Crippen molar-refractivity contribution in [2.75, 3.05) is 38.3 Å². The molecule has 0 radical (unpaired) electrons. The van der Waals surface area contributed by atoms with Gasteiger partial charge >= 0.3 is 0 Å². The Morgan fingerprint density at radius 3 is 2.81 bits per heavy atom. The molecule has 1 aromatic rings. The van der Waals surface area contributed by atoms with Gasteiger partial charge in [-0.2, -0.15) is 0 Å². The van der Waals surface area contributed by atoms with E-state index in [4.69, 9.17) is 9.84 Å². The van der Waals surface area contributed by atoms with E-state index < -0.39 is 0 Å². The molecule has 0 aromatic carbocycles. The number of ether oxygens (including phenoxy) is 1. The number of pyridine rings is 1. The number of aromatic nitrogens is 1. The molecule has 1 aromatic heterocycles. The number of methoxy groups -OCH3 is 1. The number of hydrogen-bond acceptors (Lipinski definition) is 5. The second-order valence-corrected chi connectivity index (χ2v) is 3.37. The summed E-state index contributed by atoms with van der Waals surface area (Å²) >= 11 is 0. The molecular weight excluding hydrogens is 208 g/mol. The molecule has 0 aliphatic carbocycles. The van der Waals surface area contributed by atoms with Crippen LogP contribution in [0.1, 0.15) is 5.56 Å². The molecule has 0 fully saturated rings. The van der Waals surface area contributed by atoms with E-state index in [0.717, 1.165) is 11.3 Å². The Hall–Kier alpha value is -1.17. The second kappa shape index (κ2) is 7.16. The average molecular weight is 226 g/mol. The molecule has 5 nitrogen and oxygen atoms in total. The van der Waals surface area contributed by atoms with Crippen molar-refractivity contribution in [2.45, 2.75) is 6.61 Å². The smallest absolute Gasteiger partial charge is 0.0717 e. The molecular formula is C11H18N2O3. The lowest BCUT2D eigenvalue weighted by Crippen LogP contribution is -2.31. The Kier molecular flexibility index (Phi) is 5.77. The number of anilines is 1. The van der Waals surface area contributed by atoms with Gasteiger partial charge in [0.2, 0.25) is 0 Å².